The third-order valence-electron chi connectivity index (χ3n) is 3.15. The summed E-state index contributed by atoms with van der Waals surface area (Å²) in [6.45, 7) is 1.47. The topological polar surface area (TPSA) is 42.4 Å². The van der Waals surface area contributed by atoms with Crippen LogP contribution >= 0.6 is 0 Å². The molecule has 78 valence electrons. The van der Waals surface area contributed by atoms with Crippen molar-refractivity contribution in [2.45, 2.75) is 38.4 Å². The lowest BCUT2D eigenvalue weighted by molar-refractivity contribution is 0.142. The molecular weight excluding hydrogens is 176 g/mol. The maximum atomic E-state index is 5.61. The second-order valence-corrected chi connectivity index (χ2v) is 4.07. The van der Waals surface area contributed by atoms with Gasteiger partial charge in [0.25, 0.3) is 0 Å². The van der Waals surface area contributed by atoms with Crippen LogP contribution in [-0.4, -0.2) is 18.0 Å². The van der Waals surface area contributed by atoms with Crippen LogP contribution in [0.2, 0.25) is 0 Å². The summed E-state index contributed by atoms with van der Waals surface area (Å²) in [6, 6.07) is 2.72. The van der Waals surface area contributed by atoms with Gasteiger partial charge in [-0.2, -0.15) is 0 Å². The zero-order valence-corrected chi connectivity index (χ0v) is 8.70. The van der Waals surface area contributed by atoms with Gasteiger partial charge in [-0.15, -0.1) is 0 Å². The van der Waals surface area contributed by atoms with Crippen LogP contribution in [0.15, 0.2) is 16.7 Å². The third kappa shape index (κ3) is 1.83. The molecule has 1 fully saturated rings. The molecule has 2 rings (SSSR count). The van der Waals surface area contributed by atoms with E-state index in [4.69, 9.17) is 10.2 Å². The minimum atomic E-state index is 0.574. The number of nitrogens with zero attached hydrogens (tertiary/aromatic N) is 1. The molecule has 2 N–H and O–H groups in total. The second kappa shape index (κ2) is 4.15. The third-order valence-corrected chi connectivity index (χ3v) is 3.15. The van der Waals surface area contributed by atoms with Crippen molar-refractivity contribution >= 4 is 0 Å². The van der Waals surface area contributed by atoms with Crippen molar-refractivity contribution in [1.82, 2.24) is 4.90 Å². The molecule has 0 aliphatic heterocycles. The van der Waals surface area contributed by atoms with E-state index in [1.807, 2.05) is 6.07 Å². The Morgan fingerprint density at radius 2 is 2.36 bits per heavy atom. The van der Waals surface area contributed by atoms with E-state index in [2.05, 4.69) is 11.9 Å². The van der Waals surface area contributed by atoms with E-state index in [1.54, 1.807) is 6.26 Å². The van der Waals surface area contributed by atoms with Gasteiger partial charge in [0.05, 0.1) is 12.8 Å². The van der Waals surface area contributed by atoms with Crippen molar-refractivity contribution in [2.24, 2.45) is 5.73 Å². The molecule has 3 nitrogen and oxygen atoms in total. The van der Waals surface area contributed by atoms with Crippen molar-refractivity contribution in [1.29, 1.82) is 0 Å². The first-order chi connectivity index (χ1) is 6.81. The number of hydrogen-bond acceptors (Lipinski definition) is 3. The number of hydrogen-bond donors (Lipinski definition) is 1. The van der Waals surface area contributed by atoms with Crippen molar-refractivity contribution in [3.63, 3.8) is 0 Å². The number of rotatable bonds is 4. The minimum absolute atomic E-state index is 0.574. The smallest absolute Gasteiger partial charge is 0.122 e. The fraction of sp³-hybridized carbons (Fsp3) is 0.636. The van der Waals surface area contributed by atoms with Gasteiger partial charge < -0.3 is 10.2 Å². The molecule has 0 atom stereocenters. The molecule has 0 radical (unpaired) electrons. The monoisotopic (exact) mass is 194 g/mol. The molecule has 3 heteroatoms. The molecule has 0 aromatic carbocycles. The Hall–Kier alpha value is -0.800. The van der Waals surface area contributed by atoms with E-state index in [1.165, 1.54) is 19.3 Å². The molecule has 0 bridgehead atoms. The van der Waals surface area contributed by atoms with Crippen LogP contribution in [0.5, 0.6) is 0 Å². The Kier molecular flexibility index (Phi) is 2.89. The van der Waals surface area contributed by atoms with Crippen LogP contribution in [0.3, 0.4) is 0 Å². The van der Waals surface area contributed by atoms with Crippen molar-refractivity contribution in [3.05, 3.63) is 23.7 Å². The molecular formula is C11H18N2O. The quantitative estimate of drug-likeness (QED) is 0.793. The molecule has 0 unspecified atom stereocenters. The summed E-state index contributed by atoms with van der Waals surface area (Å²) in [5, 5.41) is 0. The zero-order chi connectivity index (χ0) is 9.97. The summed E-state index contributed by atoms with van der Waals surface area (Å²) < 4.78 is 5.42. The molecule has 1 heterocycles. The highest BCUT2D eigenvalue weighted by Crippen LogP contribution is 2.25. The van der Waals surface area contributed by atoms with Crippen LogP contribution in [0, 0.1) is 0 Å². The molecule has 1 aromatic heterocycles. The first-order valence-electron chi connectivity index (χ1n) is 5.27. The maximum absolute atomic E-state index is 5.61. The van der Waals surface area contributed by atoms with Gasteiger partial charge in [-0.05, 0) is 26.0 Å². The van der Waals surface area contributed by atoms with E-state index in [-0.39, 0.29) is 0 Å². The Morgan fingerprint density at radius 3 is 2.93 bits per heavy atom. The first kappa shape index (κ1) is 9.74. The lowest BCUT2D eigenvalue weighted by atomic mass is 9.92. The molecule has 14 heavy (non-hydrogen) atoms. The predicted octanol–water partition coefficient (Wildman–Crippen LogP) is 1.72. The van der Waals surface area contributed by atoms with Gasteiger partial charge >= 0.3 is 0 Å². The molecule has 0 spiro atoms. The highest BCUT2D eigenvalue weighted by atomic mass is 16.3. The summed E-state index contributed by atoms with van der Waals surface area (Å²) in [6.07, 6.45) is 5.76. The maximum Gasteiger partial charge on any atom is 0.122 e. The largest absolute Gasteiger partial charge is 0.468 e. The van der Waals surface area contributed by atoms with E-state index < -0.39 is 0 Å². The number of furan rings is 1. The molecule has 1 aliphatic carbocycles. The second-order valence-electron chi connectivity index (χ2n) is 4.07. The van der Waals surface area contributed by atoms with Crippen LogP contribution in [0.1, 0.15) is 30.6 Å². The van der Waals surface area contributed by atoms with Gasteiger partial charge in [0.1, 0.15) is 5.76 Å². The summed E-state index contributed by atoms with van der Waals surface area (Å²) >= 11 is 0. The van der Waals surface area contributed by atoms with Crippen LogP contribution in [0.25, 0.3) is 0 Å². The summed E-state index contributed by atoms with van der Waals surface area (Å²) in [4.78, 5) is 2.36. The normalized spacial score (nSPS) is 17.4. The van der Waals surface area contributed by atoms with Crippen LogP contribution in [0.4, 0.5) is 0 Å². The zero-order valence-electron chi connectivity index (χ0n) is 8.70. The van der Waals surface area contributed by atoms with Crippen molar-refractivity contribution in [3.8, 4) is 0 Å². The Balaban J connectivity index is 1.95. The fourth-order valence-electron chi connectivity index (χ4n) is 1.87. The molecule has 1 aromatic rings. The van der Waals surface area contributed by atoms with Gasteiger partial charge in [-0.3, -0.25) is 4.90 Å². The average molecular weight is 194 g/mol. The highest BCUT2D eigenvalue weighted by Gasteiger charge is 2.23. The molecule has 0 saturated heterocycles. The fourth-order valence-corrected chi connectivity index (χ4v) is 1.87. The number of nitrogens with two attached hydrogens (primary N) is 1. The highest BCUT2D eigenvalue weighted by molar-refractivity contribution is 5.16. The first-order valence-corrected chi connectivity index (χ1v) is 5.27. The SMILES string of the molecule is CN(Cc1occc1CN)C1CCC1. The Bertz CT molecular complexity index is 291. The lowest BCUT2D eigenvalue weighted by Gasteiger charge is -2.34. The van der Waals surface area contributed by atoms with Crippen molar-refractivity contribution < 1.29 is 4.42 Å². The van der Waals surface area contributed by atoms with Crippen LogP contribution in [-0.2, 0) is 13.1 Å². The van der Waals surface area contributed by atoms with Crippen LogP contribution < -0.4 is 5.73 Å². The summed E-state index contributed by atoms with van der Waals surface area (Å²) in [5.41, 5.74) is 6.75. The van der Waals surface area contributed by atoms with E-state index in [0.717, 1.165) is 23.9 Å². The minimum Gasteiger partial charge on any atom is -0.468 e. The van der Waals surface area contributed by atoms with Gasteiger partial charge in [0, 0.05) is 18.2 Å². The van der Waals surface area contributed by atoms with E-state index in [0.29, 0.717) is 6.54 Å². The summed E-state index contributed by atoms with van der Waals surface area (Å²) in [5.74, 6) is 1.03. The van der Waals surface area contributed by atoms with E-state index >= 15 is 0 Å². The van der Waals surface area contributed by atoms with Gasteiger partial charge in [0.2, 0.25) is 0 Å². The van der Waals surface area contributed by atoms with Gasteiger partial charge in [0.15, 0.2) is 0 Å². The average Bonchev–Trinajstić information content (AvgIpc) is 2.48. The Labute approximate surface area is 84.9 Å². The predicted molar refractivity (Wildman–Crippen MR) is 55.7 cm³/mol. The molecule has 1 saturated carbocycles. The van der Waals surface area contributed by atoms with E-state index in [9.17, 15) is 0 Å². The van der Waals surface area contributed by atoms with Gasteiger partial charge in [-0.1, -0.05) is 6.42 Å². The Morgan fingerprint density at radius 1 is 1.57 bits per heavy atom. The molecule has 1 aliphatic rings. The molecule has 0 amide bonds. The van der Waals surface area contributed by atoms with Crippen molar-refractivity contribution in [2.75, 3.05) is 7.05 Å². The lowest BCUT2D eigenvalue weighted by Crippen LogP contribution is -2.36. The van der Waals surface area contributed by atoms with Gasteiger partial charge in [-0.25, -0.2) is 0 Å². The summed E-state index contributed by atoms with van der Waals surface area (Å²) in [7, 11) is 2.16. The standard InChI is InChI=1S/C11H18N2O/c1-13(10-3-2-4-10)8-11-9(7-12)5-6-14-11/h5-6,10H,2-4,7-8,12H2,1H3.